The molecule has 6 heteroatoms. The van der Waals surface area contributed by atoms with E-state index < -0.39 is 30.8 Å². The van der Waals surface area contributed by atoms with Gasteiger partial charge < -0.3 is 9.47 Å². The number of carbonyl (C=O) groups excluding carboxylic acids is 2. The molecule has 0 heterocycles. The number of nitrogens with two attached hydrogens (primary N) is 2. The fourth-order valence-corrected chi connectivity index (χ4v) is 0.838. The van der Waals surface area contributed by atoms with Gasteiger partial charge in [0.2, 0.25) is 0 Å². The Morgan fingerprint density at radius 1 is 0.842 bits per heavy atom. The monoisotopic (exact) mass is 274 g/mol. The average Bonchev–Trinajstić information content (AvgIpc) is 2.13. The van der Waals surface area contributed by atoms with Crippen molar-refractivity contribution in [2.45, 2.75) is 60.4 Å². The van der Waals surface area contributed by atoms with Gasteiger partial charge in [0, 0.05) is 10.8 Å². The first-order chi connectivity index (χ1) is 8.34. The Morgan fingerprint density at radius 2 is 1.11 bits per heavy atom. The molecular weight excluding hydrogens is 248 g/mol. The Morgan fingerprint density at radius 3 is 1.32 bits per heavy atom. The zero-order chi connectivity index (χ0) is 15.4. The summed E-state index contributed by atoms with van der Waals surface area (Å²) in [4.78, 5) is 23.0. The Hall–Kier alpha value is -1.14. The number of hydrogen-bond donors (Lipinski definition) is 2. The van der Waals surface area contributed by atoms with Crippen LogP contribution in [0.5, 0.6) is 0 Å². The first-order valence-electron chi connectivity index (χ1n) is 6.24. The molecular formula is C13H26N2O4. The molecule has 0 amide bonds. The Labute approximate surface area is 114 Å². The summed E-state index contributed by atoms with van der Waals surface area (Å²) in [6.45, 7) is 11.0. The largest absolute Gasteiger partial charge is 0.446 e. The van der Waals surface area contributed by atoms with Crippen molar-refractivity contribution in [3.05, 3.63) is 0 Å². The molecule has 0 bridgehead atoms. The highest BCUT2D eigenvalue weighted by Crippen LogP contribution is 2.20. The third-order valence-electron chi connectivity index (χ3n) is 2.51. The maximum absolute atomic E-state index is 11.5. The summed E-state index contributed by atoms with van der Waals surface area (Å²) in [7, 11) is 0. The summed E-state index contributed by atoms with van der Waals surface area (Å²) in [6.07, 6.45) is -2.04. The van der Waals surface area contributed by atoms with Gasteiger partial charge in [0.15, 0.2) is 12.5 Å². The van der Waals surface area contributed by atoms with Crippen molar-refractivity contribution in [3.8, 4) is 0 Å². The number of carbonyl (C=O) groups is 2. The fourth-order valence-electron chi connectivity index (χ4n) is 0.838. The van der Waals surface area contributed by atoms with Crippen LogP contribution < -0.4 is 11.5 Å². The van der Waals surface area contributed by atoms with Crippen LogP contribution in [0.4, 0.5) is 0 Å². The Balaban J connectivity index is 4.25. The molecule has 2 atom stereocenters. The van der Waals surface area contributed by atoms with Crippen molar-refractivity contribution in [2.75, 3.05) is 0 Å². The second-order valence-electron chi connectivity index (χ2n) is 6.73. The maximum atomic E-state index is 11.5. The van der Waals surface area contributed by atoms with E-state index in [1.54, 1.807) is 0 Å². The molecule has 0 saturated heterocycles. The van der Waals surface area contributed by atoms with E-state index in [-0.39, 0.29) is 10.8 Å². The van der Waals surface area contributed by atoms with Crippen LogP contribution in [0, 0.1) is 10.8 Å². The molecule has 6 nitrogen and oxygen atoms in total. The predicted molar refractivity (Wildman–Crippen MR) is 71.7 cm³/mol. The average molecular weight is 274 g/mol. The predicted octanol–water partition coefficient (Wildman–Crippen LogP) is 1.12. The van der Waals surface area contributed by atoms with Crippen LogP contribution in [0.25, 0.3) is 0 Å². The summed E-state index contributed by atoms with van der Waals surface area (Å²) in [5, 5.41) is 0. The van der Waals surface area contributed by atoms with E-state index in [9.17, 15) is 9.59 Å². The van der Waals surface area contributed by atoms with Crippen LogP contribution >= 0.6 is 0 Å². The lowest BCUT2D eigenvalue weighted by atomic mass is 9.95. The molecule has 0 radical (unpaired) electrons. The summed E-state index contributed by atoms with van der Waals surface area (Å²) < 4.78 is 9.90. The number of hydrogen-bond acceptors (Lipinski definition) is 6. The number of esters is 2. The van der Waals surface area contributed by atoms with E-state index >= 15 is 0 Å². The molecule has 0 spiro atoms. The lowest BCUT2D eigenvalue weighted by Gasteiger charge is -2.27. The van der Waals surface area contributed by atoms with Crippen LogP contribution in [0.2, 0.25) is 0 Å². The van der Waals surface area contributed by atoms with Crippen molar-refractivity contribution >= 4 is 11.9 Å². The van der Waals surface area contributed by atoms with E-state index in [1.807, 2.05) is 41.5 Å². The van der Waals surface area contributed by atoms with Crippen molar-refractivity contribution < 1.29 is 19.1 Å². The molecule has 4 N–H and O–H groups in total. The Bertz CT molecular complexity index is 297. The smallest absolute Gasteiger partial charge is 0.318 e. The van der Waals surface area contributed by atoms with Crippen LogP contribution in [0.15, 0.2) is 0 Å². The zero-order valence-corrected chi connectivity index (χ0v) is 12.6. The van der Waals surface area contributed by atoms with Crippen LogP contribution in [-0.4, -0.2) is 24.4 Å². The molecule has 2 unspecified atom stereocenters. The van der Waals surface area contributed by atoms with Gasteiger partial charge in [-0.25, -0.2) is 0 Å². The minimum absolute atomic E-state index is 0.388. The number of rotatable bonds is 4. The molecule has 0 aromatic carbocycles. The van der Waals surface area contributed by atoms with Gasteiger partial charge >= 0.3 is 11.9 Å². The van der Waals surface area contributed by atoms with E-state index in [4.69, 9.17) is 20.9 Å². The molecule has 0 fully saturated rings. The van der Waals surface area contributed by atoms with Crippen molar-refractivity contribution in [2.24, 2.45) is 22.3 Å². The van der Waals surface area contributed by atoms with E-state index in [0.717, 1.165) is 0 Å². The normalized spacial score (nSPS) is 15.6. The highest BCUT2D eigenvalue weighted by molar-refractivity contribution is 5.91. The van der Waals surface area contributed by atoms with Crippen molar-refractivity contribution in [3.63, 3.8) is 0 Å². The van der Waals surface area contributed by atoms with Gasteiger partial charge in [-0.2, -0.15) is 0 Å². The molecule has 0 aliphatic heterocycles. The first-order valence-corrected chi connectivity index (χ1v) is 6.24. The maximum Gasteiger partial charge on any atom is 0.318 e. The molecule has 0 aromatic heterocycles. The number of ether oxygens (including phenoxy) is 2. The highest BCUT2D eigenvalue weighted by Gasteiger charge is 2.28. The van der Waals surface area contributed by atoms with Crippen LogP contribution in [0.1, 0.15) is 48.0 Å². The van der Waals surface area contributed by atoms with Gasteiger partial charge in [-0.05, 0) is 0 Å². The summed E-state index contributed by atoms with van der Waals surface area (Å²) in [5.41, 5.74) is 10.6. The van der Waals surface area contributed by atoms with Gasteiger partial charge in [0.05, 0.1) is 0 Å². The molecule has 0 aromatic rings. The van der Waals surface area contributed by atoms with Gasteiger partial charge in [0.25, 0.3) is 0 Å². The molecule has 0 aliphatic rings. The summed E-state index contributed by atoms with van der Waals surface area (Å²) in [6, 6.07) is 0. The second kappa shape index (κ2) is 6.34. The molecule has 0 saturated carbocycles. The first kappa shape index (κ1) is 17.9. The summed E-state index contributed by atoms with van der Waals surface area (Å²) >= 11 is 0. The highest BCUT2D eigenvalue weighted by atomic mass is 16.6. The van der Waals surface area contributed by atoms with E-state index in [0.29, 0.717) is 0 Å². The fraction of sp³-hybridized carbons (Fsp3) is 0.846. The van der Waals surface area contributed by atoms with E-state index in [2.05, 4.69) is 0 Å². The van der Waals surface area contributed by atoms with Gasteiger partial charge in [0.1, 0.15) is 6.42 Å². The zero-order valence-electron chi connectivity index (χ0n) is 12.6. The lowest BCUT2D eigenvalue weighted by Crippen LogP contribution is -2.41. The van der Waals surface area contributed by atoms with Crippen LogP contribution in [0.3, 0.4) is 0 Å². The SMILES string of the molecule is CC(C)(C)C(N)OC(=O)CC(=O)OC(N)C(C)(C)C. The van der Waals surface area contributed by atoms with Gasteiger partial charge in [-0.3, -0.25) is 21.1 Å². The van der Waals surface area contributed by atoms with Gasteiger partial charge in [-0.15, -0.1) is 0 Å². The topological polar surface area (TPSA) is 105 Å². The lowest BCUT2D eigenvalue weighted by molar-refractivity contribution is -0.165. The van der Waals surface area contributed by atoms with E-state index in [1.165, 1.54) is 0 Å². The van der Waals surface area contributed by atoms with Crippen molar-refractivity contribution in [1.82, 2.24) is 0 Å². The standard InChI is InChI=1S/C13H26N2O4/c1-12(2,3)10(14)18-8(16)7-9(17)19-11(15)13(4,5)6/h10-11H,7,14-15H2,1-6H3. The van der Waals surface area contributed by atoms with Crippen LogP contribution in [-0.2, 0) is 19.1 Å². The molecule has 19 heavy (non-hydrogen) atoms. The second-order valence-corrected chi connectivity index (χ2v) is 6.73. The van der Waals surface area contributed by atoms with Gasteiger partial charge in [-0.1, -0.05) is 41.5 Å². The molecule has 0 aliphatic carbocycles. The minimum atomic E-state index is -0.774. The third-order valence-corrected chi connectivity index (χ3v) is 2.51. The third kappa shape index (κ3) is 7.12. The quantitative estimate of drug-likeness (QED) is 0.452. The Kier molecular flexibility index (Phi) is 5.96. The molecule has 112 valence electrons. The molecule has 0 rings (SSSR count). The minimum Gasteiger partial charge on any atom is -0.446 e. The van der Waals surface area contributed by atoms with Crippen molar-refractivity contribution in [1.29, 1.82) is 0 Å². The summed E-state index contributed by atoms with van der Waals surface area (Å²) in [5.74, 6) is -1.43.